The number of rotatable bonds is 8. The Labute approximate surface area is 255 Å². The van der Waals surface area contributed by atoms with Crippen LogP contribution in [0.5, 0.6) is 5.75 Å². The molecule has 0 unspecified atom stereocenters. The first kappa shape index (κ1) is 29.7. The van der Waals surface area contributed by atoms with Gasteiger partial charge in [-0.25, -0.2) is 4.98 Å². The number of amides is 2. The summed E-state index contributed by atoms with van der Waals surface area (Å²) in [6.07, 6.45) is 5.56. The number of carbonyl (C=O) groups excluding carboxylic acids is 2. The fourth-order valence-corrected chi connectivity index (χ4v) is 6.82. The molecule has 232 valence electrons. The van der Waals surface area contributed by atoms with Crippen molar-refractivity contribution >= 4 is 35.0 Å². The van der Waals surface area contributed by atoms with Gasteiger partial charge in [0.25, 0.3) is 5.91 Å². The SMILES string of the molecule is COc1c(Nc2ncc3c(n2)N(C2CCCC2)CC(F)(F)C(=O)N3C)ccc(C(N)=O)c1[C@@H]1CCN(Cc2ccccc2)C1. The number of aromatic nitrogens is 2. The Morgan fingerprint density at radius 2 is 1.89 bits per heavy atom. The van der Waals surface area contributed by atoms with E-state index >= 15 is 8.78 Å². The van der Waals surface area contributed by atoms with Crippen molar-refractivity contribution < 1.29 is 23.1 Å². The fourth-order valence-electron chi connectivity index (χ4n) is 6.82. The number of methoxy groups -OCH3 is 1. The summed E-state index contributed by atoms with van der Waals surface area (Å²) in [7, 11) is 2.86. The number of hydrogen-bond donors (Lipinski definition) is 2. The van der Waals surface area contributed by atoms with E-state index in [-0.39, 0.29) is 29.4 Å². The predicted molar refractivity (Wildman–Crippen MR) is 164 cm³/mol. The van der Waals surface area contributed by atoms with Gasteiger partial charge in [0.05, 0.1) is 25.5 Å². The number of nitrogens with one attached hydrogen (secondary N) is 1. The second kappa shape index (κ2) is 12.0. The van der Waals surface area contributed by atoms with Crippen LogP contribution in [0.2, 0.25) is 0 Å². The van der Waals surface area contributed by atoms with Crippen LogP contribution in [-0.4, -0.2) is 72.4 Å². The number of hydrogen-bond acceptors (Lipinski definition) is 8. The highest BCUT2D eigenvalue weighted by Gasteiger charge is 2.48. The standard InChI is InChI=1S/C32H37F2N7O3/c1-39-25-16-36-31(38-29(25)41(22-10-6-7-11-22)19-32(33,34)30(39)43)37-24-13-12-23(28(35)42)26(27(24)44-2)21-14-15-40(18-21)17-20-8-4-3-5-9-20/h3-5,8-9,12-13,16,21-22H,6-7,10-11,14-15,17-19H2,1-2H3,(H2,35,42)(H,36,37,38)/t21-/m1/s1. The van der Waals surface area contributed by atoms with Crippen molar-refractivity contribution in [2.75, 3.05) is 48.9 Å². The van der Waals surface area contributed by atoms with E-state index in [0.717, 1.165) is 56.6 Å². The van der Waals surface area contributed by atoms with Crippen LogP contribution < -0.4 is 25.6 Å². The van der Waals surface area contributed by atoms with Crippen LogP contribution in [0.4, 0.5) is 31.9 Å². The molecule has 2 amide bonds. The molecule has 1 atom stereocenters. The van der Waals surface area contributed by atoms with E-state index in [1.165, 1.54) is 25.9 Å². The number of primary amides is 1. The Morgan fingerprint density at radius 1 is 1.14 bits per heavy atom. The largest absolute Gasteiger partial charge is 0.494 e. The lowest BCUT2D eigenvalue weighted by molar-refractivity contribution is -0.140. The zero-order valence-electron chi connectivity index (χ0n) is 24.9. The number of halogens is 2. The van der Waals surface area contributed by atoms with E-state index in [9.17, 15) is 9.59 Å². The summed E-state index contributed by atoms with van der Waals surface area (Å²) in [4.78, 5) is 39.1. The van der Waals surface area contributed by atoms with Crippen LogP contribution in [0.25, 0.3) is 0 Å². The van der Waals surface area contributed by atoms with Crippen LogP contribution in [0, 0.1) is 0 Å². The van der Waals surface area contributed by atoms with Gasteiger partial charge in [-0.1, -0.05) is 43.2 Å². The molecular weight excluding hydrogens is 568 g/mol. The molecule has 0 spiro atoms. The number of alkyl halides is 2. The van der Waals surface area contributed by atoms with Gasteiger partial charge in [-0.2, -0.15) is 13.8 Å². The van der Waals surface area contributed by atoms with E-state index < -0.39 is 24.3 Å². The monoisotopic (exact) mass is 605 g/mol. The number of carbonyl (C=O) groups is 2. The quantitative estimate of drug-likeness (QED) is 0.380. The molecule has 2 aliphatic heterocycles. The number of anilines is 4. The number of fused-ring (bicyclic) bond motifs is 1. The van der Waals surface area contributed by atoms with Crippen LogP contribution >= 0.6 is 0 Å². The molecule has 6 rings (SSSR count). The van der Waals surface area contributed by atoms with Crippen LogP contribution in [0.3, 0.4) is 0 Å². The molecule has 1 saturated heterocycles. The molecule has 3 aliphatic rings. The minimum atomic E-state index is -3.57. The minimum Gasteiger partial charge on any atom is -0.494 e. The van der Waals surface area contributed by atoms with Crippen LogP contribution in [-0.2, 0) is 11.3 Å². The smallest absolute Gasteiger partial charge is 0.342 e. The second-order valence-corrected chi connectivity index (χ2v) is 11.8. The molecule has 1 saturated carbocycles. The van der Waals surface area contributed by atoms with Crippen LogP contribution in [0.15, 0.2) is 48.7 Å². The summed E-state index contributed by atoms with van der Waals surface area (Å²) < 4.78 is 35.9. The summed E-state index contributed by atoms with van der Waals surface area (Å²) >= 11 is 0. The number of ether oxygens (including phenoxy) is 1. The number of benzene rings is 2. The van der Waals surface area contributed by atoms with Gasteiger partial charge in [-0.3, -0.25) is 14.5 Å². The van der Waals surface area contributed by atoms with Gasteiger partial charge in [0.1, 0.15) is 11.4 Å². The van der Waals surface area contributed by atoms with E-state index in [0.29, 0.717) is 22.6 Å². The first-order valence-corrected chi connectivity index (χ1v) is 15.0. The van der Waals surface area contributed by atoms with Crippen molar-refractivity contribution in [1.29, 1.82) is 0 Å². The molecule has 0 radical (unpaired) electrons. The maximum absolute atomic E-state index is 15.0. The predicted octanol–water partition coefficient (Wildman–Crippen LogP) is 4.68. The molecule has 10 nitrogen and oxygen atoms in total. The third-order valence-electron chi connectivity index (χ3n) is 8.98. The summed E-state index contributed by atoms with van der Waals surface area (Å²) in [5.41, 5.74) is 8.88. The van der Waals surface area contributed by atoms with Gasteiger partial charge in [0.2, 0.25) is 11.9 Å². The molecular formula is C32H37F2N7O3. The van der Waals surface area contributed by atoms with Crippen LogP contribution in [0.1, 0.15) is 59.5 Å². The molecule has 12 heteroatoms. The highest BCUT2D eigenvalue weighted by Crippen LogP contribution is 2.43. The lowest BCUT2D eigenvalue weighted by Crippen LogP contribution is -2.48. The molecule has 44 heavy (non-hydrogen) atoms. The van der Waals surface area contributed by atoms with Gasteiger partial charge in [-0.05, 0) is 43.5 Å². The fraction of sp³-hybridized carbons (Fsp3) is 0.438. The average Bonchev–Trinajstić information content (AvgIpc) is 3.71. The number of nitrogens with zero attached hydrogens (tertiary/aromatic N) is 5. The highest BCUT2D eigenvalue weighted by molar-refractivity contribution is 6.02. The molecule has 2 fully saturated rings. The topological polar surface area (TPSA) is 117 Å². The highest BCUT2D eigenvalue weighted by atomic mass is 19.3. The molecule has 1 aromatic heterocycles. The Morgan fingerprint density at radius 3 is 2.59 bits per heavy atom. The minimum absolute atomic E-state index is 0.00868. The Bertz CT molecular complexity index is 1550. The summed E-state index contributed by atoms with van der Waals surface area (Å²) in [5, 5.41) is 3.20. The zero-order valence-corrected chi connectivity index (χ0v) is 24.9. The van der Waals surface area contributed by atoms with E-state index in [4.69, 9.17) is 10.5 Å². The first-order valence-electron chi connectivity index (χ1n) is 15.0. The van der Waals surface area contributed by atoms with Gasteiger partial charge in [0, 0.05) is 43.2 Å². The molecule has 0 bridgehead atoms. The lowest BCUT2D eigenvalue weighted by Gasteiger charge is -2.31. The van der Waals surface area contributed by atoms with Crippen molar-refractivity contribution in [1.82, 2.24) is 14.9 Å². The van der Waals surface area contributed by atoms with E-state index in [2.05, 4.69) is 32.3 Å². The summed E-state index contributed by atoms with van der Waals surface area (Å²) in [6.45, 7) is 1.61. The third-order valence-corrected chi connectivity index (χ3v) is 8.98. The maximum atomic E-state index is 15.0. The molecule has 3 aromatic rings. The Hall–Kier alpha value is -4.32. The molecule has 2 aromatic carbocycles. The van der Waals surface area contributed by atoms with Crippen molar-refractivity contribution in [3.8, 4) is 5.75 Å². The third kappa shape index (κ3) is 5.66. The lowest BCUT2D eigenvalue weighted by atomic mass is 9.91. The van der Waals surface area contributed by atoms with Crippen molar-refractivity contribution in [3.05, 3.63) is 65.4 Å². The number of nitrogens with two attached hydrogens (primary N) is 1. The molecule has 3 N–H and O–H groups in total. The van der Waals surface area contributed by atoms with E-state index in [1.807, 2.05) is 18.2 Å². The van der Waals surface area contributed by atoms with Gasteiger partial charge in [-0.15, -0.1) is 0 Å². The van der Waals surface area contributed by atoms with Gasteiger partial charge >= 0.3 is 5.92 Å². The summed E-state index contributed by atoms with van der Waals surface area (Å²) in [5.74, 6) is -4.51. The normalized spacial score (nSPS) is 20.5. The number of likely N-dealkylation sites (tertiary alicyclic amines) is 1. The second-order valence-electron chi connectivity index (χ2n) is 11.8. The zero-order chi connectivity index (χ0) is 31.0. The Kier molecular flexibility index (Phi) is 8.10. The molecule has 1 aliphatic carbocycles. The van der Waals surface area contributed by atoms with Crippen molar-refractivity contribution in [2.24, 2.45) is 5.73 Å². The average molecular weight is 606 g/mol. The van der Waals surface area contributed by atoms with E-state index in [1.54, 1.807) is 17.0 Å². The van der Waals surface area contributed by atoms with Gasteiger partial charge < -0.3 is 25.6 Å². The molecule has 3 heterocycles. The van der Waals surface area contributed by atoms with Crippen molar-refractivity contribution in [2.45, 2.75) is 56.5 Å². The van der Waals surface area contributed by atoms with Crippen molar-refractivity contribution in [3.63, 3.8) is 0 Å². The Balaban J connectivity index is 1.33. The first-order chi connectivity index (χ1) is 21.2. The summed E-state index contributed by atoms with van der Waals surface area (Å²) in [6, 6.07) is 13.4. The maximum Gasteiger partial charge on any atom is 0.342 e. The van der Waals surface area contributed by atoms with Gasteiger partial charge in [0.15, 0.2) is 5.82 Å².